The molecule has 0 unspecified atom stereocenters. The van der Waals surface area contributed by atoms with E-state index in [1.165, 1.54) is 10.5 Å². The zero-order valence-corrected chi connectivity index (χ0v) is 15.0. The molecular formula is C20H18N4S. The normalized spacial score (nSPS) is 11.1. The number of aryl methyl sites for hydroxylation is 2. The summed E-state index contributed by atoms with van der Waals surface area (Å²) in [6.45, 7) is 1.93. The van der Waals surface area contributed by atoms with Gasteiger partial charge in [-0.3, -0.25) is 0 Å². The second-order valence-electron chi connectivity index (χ2n) is 5.97. The number of benzene rings is 2. The Hall–Kier alpha value is -2.66. The molecule has 0 amide bonds. The fourth-order valence-corrected chi connectivity index (χ4v) is 3.88. The molecular weight excluding hydrogens is 328 g/mol. The van der Waals surface area contributed by atoms with E-state index >= 15 is 0 Å². The fourth-order valence-electron chi connectivity index (χ4n) is 2.84. The lowest BCUT2D eigenvalue weighted by atomic mass is 10.1. The van der Waals surface area contributed by atoms with E-state index in [4.69, 9.17) is 4.98 Å². The third-order valence-electron chi connectivity index (χ3n) is 3.98. The molecule has 2 heterocycles. The Morgan fingerprint density at radius 2 is 1.84 bits per heavy atom. The molecule has 0 bridgehead atoms. The van der Waals surface area contributed by atoms with Gasteiger partial charge >= 0.3 is 0 Å². The van der Waals surface area contributed by atoms with E-state index in [1.54, 1.807) is 6.33 Å². The maximum absolute atomic E-state index is 4.70. The zero-order chi connectivity index (χ0) is 17.2. The summed E-state index contributed by atoms with van der Waals surface area (Å²) in [5.41, 5.74) is 4.05. The molecule has 5 heteroatoms. The minimum absolute atomic E-state index is 0.762. The van der Waals surface area contributed by atoms with Gasteiger partial charge in [0, 0.05) is 29.3 Å². The van der Waals surface area contributed by atoms with Crippen molar-refractivity contribution in [2.45, 2.75) is 17.6 Å². The molecule has 25 heavy (non-hydrogen) atoms. The topological polar surface area (TPSA) is 43.6 Å². The van der Waals surface area contributed by atoms with Gasteiger partial charge in [0.05, 0.1) is 11.8 Å². The molecule has 0 aliphatic heterocycles. The number of fused-ring (bicyclic) bond motifs is 1. The lowest BCUT2D eigenvalue weighted by Crippen LogP contribution is -1.96. The molecule has 124 valence electrons. The number of rotatable bonds is 4. The fraction of sp³-hybridized carbons (Fsp3) is 0.150. The molecule has 0 radical (unpaired) electrons. The van der Waals surface area contributed by atoms with Crippen molar-refractivity contribution in [3.63, 3.8) is 0 Å². The number of imidazole rings is 1. The minimum Gasteiger partial charge on any atom is -0.340 e. The standard InChI is InChI=1S/C20H18N4S/c1-14-22-16-9-6-10-18(25-12-15-7-4-3-5-8-15)19(16)20(23-14)17-11-24(2)13-21-17/h3-11,13H,12H2,1-2H3. The van der Waals surface area contributed by atoms with Crippen molar-refractivity contribution in [2.24, 2.45) is 7.05 Å². The quantitative estimate of drug-likeness (QED) is 0.505. The van der Waals surface area contributed by atoms with Crippen LogP contribution >= 0.6 is 11.8 Å². The van der Waals surface area contributed by atoms with Crippen LogP contribution in [0.25, 0.3) is 22.3 Å². The van der Waals surface area contributed by atoms with Crippen LogP contribution in [-0.2, 0) is 12.8 Å². The highest BCUT2D eigenvalue weighted by Crippen LogP contribution is 2.35. The molecule has 0 fully saturated rings. The first kappa shape index (κ1) is 15.8. The maximum Gasteiger partial charge on any atom is 0.126 e. The molecule has 2 aromatic heterocycles. The Morgan fingerprint density at radius 1 is 1.00 bits per heavy atom. The Balaban J connectivity index is 1.81. The molecule has 4 rings (SSSR count). The van der Waals surface area contributed by atoms with Crippen molar-refractivity contribution in [1.29, 1.82) is 0 Å². The molecule has 4 nitrogen and oxygen atoms in total. The van der Waals surface area contributed by atoms with Gasteiger partial charge in [0.25, 0.3) is 0 Å². The van der Waals surface area contributed by atoms with Crippen molar-refractivity contribution in [3.05, 3.63) is 72.4 Å². The first-order valence-electron chi connectivity index (χ1n) is 8.13. The van der Waals surface area contributed by atoms with E-state index < -0.39 is 0 Å². The number of nitrogens with zero attached hydrogens (tertiary/aromatic N) is 4. The van der Waals surface area contributed by atoms with Crippen LogP contribution in [0.3, 0.4) is 0 Å². The maximum atomic E-state index is 4.70. The average molecular weight is 346 g/mol. The Kier molecular flexibility index (Phi) is 4.24. The summed E-state index contributed by atoms with van der Waals surface area (Å²) in [5.74, 6) is 1.67. The van der Waals surface area contributed by atoms with Gasteiger partial charge in [-0.2, -0.15) is 0 Å². The number of thioether (sulfide) groups is 1. The summed E-state index contributed by atoms with van der Waals surface area (Å²) < 4.78 is 1.94. The Bertz CT molecular complexity index is 1020. The van der Waals surface area contributed by atoms with Crippen LogP contribution < -0.4 is 0 Å². The summed E-state index contributed by atoms with van der Waals surface area (Å²) in [6.07, 6.45) is 3.80. The molecule has 2 aromatic carbocycles. The summed E-state index contributed by atoms with van der Waals surface area (Å²) in [6, 6.07) is 16.7. The van der Waals surface area contributed by atoms with Gasteiger partial charge < -0.3 is 4.57 Å². The van der Waals surface area contributed by atoms with E-state index in [0.29, 0.717) is 0 Å². The van der Waals surface area contributed by atoms with Crippen LogP contribution in [0.1, 0.15) is 11.4 Å². The largest absolute Gasteiger partial charge is 0.340 e. The van der Waals surface area contributed by atoms with Crippen LogP contribution in [0.15, 0.2) is 66.0 Å². The van der Waals surface area contributed by atoms with Gasteiger partial charge in [-0.25, -0.2) is 15.0 Å². The van der Waals surface area contributed by atoms with Gasteiger partial charge in [-0.15, -0.1) is 11.8 Å². The van der Waals surface area contributed by atoms with Gasteiger partial charge in [0.2, 0.25) is 0 Å². The van der Waals surface area contributed by atoms with E-state index in [1.807, 2.05) is 48.6 Å². The number of aromatic nitrogens is 4. The van der Waals surface area contributed by atoms with Crippen LogP contribution in [0.2, 0.25) is 0 Å². The molecule has 0 aliphatic rings. The van der Waals surface area contributed by atoms with E-state index in [2.05, 4.69) is 46.4 Å². The summed E-state index contributed by atoms with van der Waals surface area (Å²) >= 11 is 1.81. The van der Waals surface area contributed by atoms with Crippen LogP contribution in [0.5, 0.6) is 0 Å². The van der Waals surface area contributed by atoms with E-state index in [9.17, 15) is 0 Å². The third-order valence-corrected chi connectivity index (χ3v) is 5.11. The Labute approximate surface area is 151 Å². The van der Waals surface area contributed by atoms with Gasteiger partial charge in [-0.05, 0) is 24.6 Å². The van der Waals surface area contributed by atoms with Crippen molar-refractivity contribution < 1.29 is 0 Å². The summed E-state index contributed by atoms with van der Waals surface area (Å²) in [5, 5.41) is 1.08. The first-order chi connectivity index (χ1) is 12.2. The lowest BCUT2D eigenvalue weighted by molar-refractivity contribution is 0.913. The van der Waals surface area contributed by atoms with E-state index in [0.717, 1.165) is 33.9 Å². The smallest absolute Gasteiger partial charge is 0.126 e. The highest BCUT2D eigenvalue weighted by atomic mass is 32.2. The first-order valence-corrected chi connectivity index (χ1v) is 9.12. The molecule has 0 atom stereocenters. The second kappa shape index (κ2) is 6.69. The van der Waals surface area contributed by atoms with Crippen LogP contribution in [0, 0.1) is 6.92 Å². The van der Waals surface area contributed by atoms with Crippen molar-refractivity contribution >= 4 is 22.7 Å². The highest BCUT2D eigenvalue weighted by Gasteiger charge is 2.14. The average Bonchev–Trinajstić information content (AvgIpc) is 3.06. The van der Waals surface area contributed by atoms with Crippen molar-refractivity contribution in [1.82, 2.24) is 19.5 Å². The SMILES string of the molecule is Cc1nc(-c2cn(C)cn2)c2c(SCc3ccccc3)cccc2n1. The minimum atomic E-state index is 0.762. The van der Waals surface area contributed by atoms with Crippen LogP contribution in [0.4, 0.5) is 0 Å². The monoisotopic (exact) mass is 346 g/mol. The molecule has 4 aromatic rings. The molecule has 0 aliphatic carbocycles. The van der Waals surface area contributed by atoms with E-state index in [-0.39, 0.29) is 0 Å². The lowest BCUT2D eigenvalue weighted by Gasteiger charge is -2.10. The van der Waals surface area contributed by atoms with Gasteiger partial charge in [0.1, 0.15) is 17.2 Å². The second-order valence-corrected chi connectivity index (χ2v) is 6.99. The summed E-state index contributed by atoms with van der Waals surface area (Å²) in [4.78, 5) is 15.0. The van der Waals surface area contributed by atoms with Gasteiger partial charge in [-0.1, -0.05) is 36.4 Å². The summed E-state index contributed by atoms with van der Waals surface area (Å²) in [7, 11) is 1.97. The molecule has 0 saturated carbocycles. The zero-order valence-electron chi connectivity index (χ0n) is 14.2. The molecule has 0 saturated heterocycles. The van der Waals surface area contributed by atoms with Crippen molar-refractivity contribution in [2.75, 3.05) is 0 Å². The molecule has 0 spiro atoms. The predicted octanol–water partition coefficient (Wildman–Crippen LogP) is 4.63. The Morgan fingerprint density at radius 3 is 2.60 bits per heavy atom. The number of hydrogen-bond acceptors (Lipinski definition) is 4. The van der Waals surface area contributed by atoms with Crippen LogP contribution in [-0.4, -0.2) is 19.5 Å². The highest BCUT2D eigenvalue weighted by molar-refractivity contribution is 7.98. The predicted molar refractivity (Wildman–Crippen MR) is 102 cm³/mol. The molecule has 0 N–H and O–H groups in total. The van der Waals surface area contributed by atoms with Crippen molar-refractivity contribution in [3.8, 4) is 11.4 Å². The number of hydrogen-bond donors (Lipinski definition) is 0. The van der Waals surface area contributed by atoms with Gasteiger partial charge in [0.15, 0.2) is 0 Å². The third kappa shape index (κ3) is 3.28.